The molecule has 2 N–H and O–H groups in total. The minimum absolute atomic E-state index is 0.264. The number of thiocarbonyl (C=S) groups is 1. The lowest BCUT2D eigenvalue weighted by atomic mass is 10.2. The second-order valence-electron chi connectivity index (χ2n) is 6.63. The quantitative estimate of drug-likeness (QED) is 0.716. The van der Waals surface area contributed by atoms with E-state index in [4.69, 9.17) is 23.8 Å². The number of piperazine rings is 1. The Kier molecular flexibility index (Phi) is 6.52. The predicted molar refractivity (Wildman–Crippen MR) is 117 cm³/mol. The van der Waals surface area contributed by atoms with E-state index < -0.39 is 0 Å². The number of nitrogens with zero attached hydrogens (tertiary/aromatic N) is 2. The lowest BCUT2D eigenvalue weighted by Crippen LogP contribution is -2.46. The van der Waals surface area contributed by atoms with Crippen LogP contribution in [0.4, 0.5) is 21.5 Å². The molecule has 27 heavy (non-hydrogen) atoms. The smallest absolute Gasteiger partial charge is 0.175 e. The van der Waals surface area contributed by atoms with E-state index in [9.17, 15) is 4.39 Å². The van der Waals surface area contributed by atoms with Crippen LogP contribution in [0.5, 0.6) is 0 Å². The van der Waals surface area contributed by atoms with Crippen molar-refractivity contribution in [3.63, 3.8) is 0 Å². The number of hydrogen-bond donors (Lipinski definition) is 2. The van der Waals surface area contributed by atoms with Crippen LogP contribution in [0.3, 0.4) is 0 Å². The Bertz CT molecular complexity index is 822. The summed E-state index contributed by atoms with van der Waals surface area (Å²) in [5.74, 6) is -0.264. The average Bonchev–Trinajstić information content (AvgIpc) is 2.65. The molecule has 7 heteroatoms. The summed E-state index contributed by atoms with van der Waals surface area (Å²) in [5.41, 5.74) is 3.12. The molecule has 1 aliphatic heterocycles. The molecule has 0 atom stereocenters. The highest BCUT2D eigenvalue weighted by Crippen LogP contribution is 2.30. The minimum Gasteiger partial charge on any atom is -0.367 e. The van der Waals surface area contributed by atoms with Gasteiger partial charge in [0.2, 0.25) is 0 Å². The molecule has 4 nitrogen and oxygen atoms in total. The summed E-state index contributed by atoms with van der Waals surface area (Å²) in [5, 5.41) is 7.28. The van der Waals surface area contributed by atoms with E-state index in [1.54, 1.807) is 19.1 Å². The molecule has 0 unspecified atom stereocenters. The van der Waals surface area contributed by atoms with Gasteiger partial charge in [-0.1, -0.05) is 24.6 Å². The molecule has 0 spiro atoms. The Hall–Kier alpha value is -1.89. The first kappa shape index (κ1) is 19.9. The van der Waals surface area contributed by atoms with Gasteiger partial charge >= 0.3 is 0 Å². The van der Waals surface area contributed by atoms with E-state index in [-0.39, 0.29) is 5.82 Å². The molecule has 1 saturated heterocycles. The molecule has 1 heterocycles. The second-order valence-corrected chi connectivity index (χ2v) is 7.47. The van der Waals surface area contributed by atoms with Gasteiger partial charge in [0.25, 0.3) is 0 Å². The van der Waals surface area contributed by atoms with Gasteiger partial charge in [-0.3, -0.25) is 0 Å². The lowest BCUT2D eigenvalue weighted by molar-refractivity contribution is 0.271. The number of benzene rings is 2. The third-order valence-corrected chi connectivity index (χ3v) is 5.24. The van der Waals surface area contributed by atoms with Gasteiger partial charge in [-0.05, 0) is 61.6 Å². The standard InChI is InChI=1S/C20H24ClFN4S/c1-3-25-8-10-26(11-9-25)19-7-5-15(21)12-18(19)24-20(27)23-16-6-4-14(2)17(22)13-16/h4-7,12-13H,3,8-11H2,1-2H3,(H2,23,24,27). The van der Waals surface area contributed by atoms with Crippen LogP contribution in [0.25, 0.3) is 0 Å². The van der Waals surface area contributed by atoms with Crippen LogP contribution < -0.4 is 15.5 Å². The summed E-state index contributed by atoms with van der Waals surface area (Å²) >= 11 is 11.6. The van der Waals surface area contributed by atoms with Crippen LogP contribution in [-0.2, 0) is 0 Å². The Balaban J connectivity index is 1.72. The topological polar surface area (TPSA) is 30.5 Å². The van der Waals surface area contributed by atoms with Gasteiger partial charge < -0.3 is 20.4 Å². The zero-order valence-corrected chi connectivity index (χ0v) is 17.1. The first-order chi connectivity index (χ1) is 13.0. The summed E-state index contributed by atoms with van der Waals surface area (Å²) in [6.45, 7) is 8.95. The van der Waals surface area contributed by atoms with Crippen molar-refractivity contribution >= 4 is 46.0 Å². The summed E-state index contributed by atoms with van der Waals surface area (Å²) < 4.78 is 13.7. The zero-order chi connectivity index (χ0) is 19.4. The summed E-state index contributed by atoms with van der Waals surface area (Å²) in [4.78, 5) is 4.76. The molecule has 2 aromatic rings. The molecule has 1 aliphatic rings. The monoisotopic (exact) mass is 406 g/mol. The SMILES string of the molecule is CCN1CCN(c2ccc(Cl)cc2NC(=S)Nc2ccc(C)c(F)c2)CC1. The second kappa shape index (κ2) is 8.87. The first-order valence-corrected chi connectivity index (χ1v) is 9.86. The molecule has 2 aromatic carbocycles. The number of halogens is 2. The molecule has 144 valence electrons. The van der Waals surface area contributed by atoms with E-state index in [2.05, 4.69) is 27.4 Å². The Morgan fingerprint density at radius 2 is 1.85 bits per heavy atom. The molecular formula is C20H24ClFN4S. The predicted octanol–water partition coefficient (Wildman–Crippen LogP) is 4.74. The number of anilines is 3. The average molecular weight is 407 g/mol. The maximum Gasteiger partial charge on any atom is 0.175 e. The van der Waals surface area contributed by atoms with Crippen molar-refractivity contribution < 1.29 is 4.39 Å². The van der Waals surface area contributed by atoms with Crippen molar-refractivity contribution in [1.82, 2.24) is 4.90 Å². The normalized spacial score (nSPS) is 14.9. The van der Waals surface area contributed by atoms with E-state index in [0.717, 1.165) is 44.1 Å². The largest absolute Gasteiger partial charge is 0.367 e. The maximum atomic E-state index is 13.7. The number of rotatable bonds is 4. The molecule has 3 rings (SSSR count). The fourth-order valence-corrected chi connectivity index (χ4v) is 3.54. The van der Waals surface area contributed by atoms with E-state index in [1.165, 1.54) is 6.07 Å². The molecular weight excluding hydrogens is 383 g/mol. The van der Waals surface area contributed by atoms with Crippen LogP contribution in [0, 0.1) is 12.7 Å². The molecule has 0 saturated carbocycles. The lowest BCUT2D eigenvalue weighted by Gasteiger charge is -2.36. The maximum absolute atomic E-state index is 13.7. The van der Waals surface area contributed by atoms with E-state index >= 15 is 0 Å². The van der Waals surface area contributed by atoms with Gasteiger partial charge in [0, 0.05) is 36.9 Å². The highest BCUT2D eigenvalue weighted by Gasteiger charge is 2.19. The first-order valence-electron chi connectivity index (χ1n) is 9.07. The van der Waals surface area contributed by atoms with Crippen LogP contribution in [0.1, 0.15) is 12.5 Å². The van der Waals surface area contributed by atoms with Crippen LogP contribution in [0.2, 0.25) is 5.02 Å². The highest BCUT2D eigenvalue weighted by molar-refractivity contribution is 7.80. The Morgan fingerprint density at radius 3 is 2.52 bits per heavy atom. The summed E-state index contributed by atoms with van der Waals surface area (Å²) in [6, 6.07) is 10.7. The number of aryl methyl sites for hydroxylation is 1. The molecule has 0 amide bonds. The Labute approximate surface area is 170 Å². The third-order valence-electron chi connectivity index (χ3n) is 4.80. The zero-order valence-electron chi connectivity index (χ0n) is 15.6. The minimum atomic E-state index is -0.264. The van der Waals surface area contributed by atoms with E-state index in [0.29, 0.717) is 21.4 Å². The van der Waals surface area contributed by atoms with Crippen LogP contribution in [0.15, 0.2) is 36.4 Å². The summed E-state index contributed by atoms with van der Waals surface area (Å²) in [6.07, 6.45) is 0. The van der Waals surface area contributed by atoms with Gasteiger partial charge in [0.15, 0.2) is 5.11 Å². The van der Waals surface area contributed by atoms with Crippen molar-refractivity contribution in [2.45, 2.75) is 13.8 Å². The molecule has 0 radical (unpaired) electrons. The van der Waals surface area contributed by atoms with Crippen molar-refractivity contribution in [3.05, 3.63) is 52.8 Å². The van der Waals surface area contributed by atoms with Crippen LogP contribution >= 0.6 is 23.8 Å². The fraction of sp³-hybridized carbons (Fsp3) is 0.350. The van der Waals surface area contributed by atoms with Gasteiger partial charge in [0.05, 0.1) is 11.4 Å². The van der Waals surface area contributed by atoms with Gasteiger partial charge in [0.1, 0.15) is 5.82 Å². The van der Waals surface area contributed by atoms with Crippen LogP contribution in [-0.4, -0.2) is 42.7 Å². The van der Waals surface area contributed by atoms with Gasteiger partial charge in [-0.2, -0.15) is 0 Å². The fourth-order valence-electron chi connectivity index (χ4n) is 3.14. The van der Waals surface area contributed by atoms with Gasteiger partial charge in [-0.15, -0.1) is 0 Å². The molecule has 0 aliphatic carbocycles. The Morgan fingerprint density at radius 1 is 1.11 bits per heavy atom. The highest BCUT2D eigenvalue weighted by atomic mass is 35.5. The number of nitrogens with one attached hydrogen (secondary N) is 2. The third kappa shape index (κ3) is 5.09. The van der Waals surface area contributed by atoms with Crippen molar-refractivity contribution in [2.75, 3.05) is 48.3 Å². The van der Waals surface area contributed by atoms with Crippen molar-refractivity contribution in [1.29, 1.82) is 0 Å². The van der Waals surface area contributed by atoms with Gasteiger partial charge in [-0.25, -0.2) is 4.39 Å². The molecule has 0 bridgehead atoms. The molecule has 0 aromatic heterocycles. The van der Waals surface area contributed by atoms with Crippen molar-refractivity contribution in [2.24, 2.45) is 0 Å². The van der Waals surface area contributed by atoms with Crippen molar-refractivity contribution in [3.8, 4) is 0 Å². The molecule has 1 fully saturated rings. The van der Waals surface area contributed by atoms with E-state index in [1.807, 2.05) is 18.2 Å². The summed E-state index contributed by atoms with van der Waals surface area (Å²) in [7, 11) is 0. The number of likely N-dealkylation sites (N-methyl/N-ethyl adjacent to an activating group) is 1. The number of hydrogen-bond acceptors (Lipinski definition) is 3.